The van der Waals surface area contributed by atoms with Gasteiger partial charge in [-0.25, -0.2) is 0 Å². The van der Waals surface area contributed by atoms with Crippen LogP contribution in [0.5, 0.6) is 0 Å². The third kappa shape index (κ3) is 5.71. The van der Waals surface area contributed by atoms with Gasteiger partial charge in [-0.2, -0.15) is 5.10 Å². The number of H-pyrrole nitrogens is 1. The first-order valence-electron chi connectivity index (χ1n) is 12.7. The maximum Gasteiger partial charge on any atom is 0.271 e. The monoisotopic (exact) mass is 479 g/mol. The highest BCUT2D eigenvalue weighted by Crippen LogP contribution is 2.28. The van der Waals surface area contributed by atoms with E-state index in [4.69, 9.17) is 0 Å². The van der Waals surface area contributed by atoms with Crippen molar-refractivity contribution in [2.24, 2.45) is 5.92 Å². The summed E-state index contributed by atoms with van der Waals surface area (Å²) in [4.78, 5) is 22.0. The summed E-state index contributed by atoms with van der Waals surface area (Å²) in [6, 6.07) is 27.1. The van der Waals surface area contributed by atoms with E-state index in [-0.39, 0.29) is 5.91 Å². The molecule has 1 aliphatic heterocycles. The number of nitrogens with one attached hydrogen (secondary N) is 1. The van der Waals surface area contributed by atoms with Crippen LogP contribution in [0.1, 0.15) is 34.5 Å². The first-order valence-corrected chi connectivity index (χ1v) is 12.7. The Balaban J connectivity index is 1.25. The molecule has 6 heteroatoms. The Morgan fingerprint density at radius 3 is 2.39 bits per heavy atom. The topological polar surface area (TPSA) is 65.1 Å². The normalized spacial score (nSPS) is 15.2. The summed E-state index contributed by atoms with van der Waals surface area (Å²) in [6.45, 7) is 2.38. The standard InChI is InChI=1S/C30H33N5O/c1-34(22-24-11-8-16-31-21-24)29(19-23-9-4-2-5-10-23)26-14-17-35(18-15-26)30(36)28-20-27(32-33-28)25-12-6-3-7-13-25/h2-13,16,20-21,26,29H,14-15,17-19,22H2,1H3,(H,32,33)/t29-/m0/s1. The van der Waals surface area contributed by atoms with Gasteiger partial charge in [-0.05, 0) is 55.5 Å². The molecule has 184 valence electrons. The van der Waals surface area contributed by atoms with Crippen molar-refractivity contribution in [3.8, 4) is 11.3 Å². The Morgan fingerprint density at radius 2 is 1.69 bits per heavy atom. The zero-order chi connectivity index (χ0) is 24.7. The van der Waals surface area contributed by atoms with Crippen molar-refractivity contribution >= 4 is 5.91 Å². The number of benzene rings is 2. The van der Waals surface area contributed by atoms with Gasteiger partial charge in [0.1, 0.15) is 5.69 Å². The molecule has 36 heavy (non-hydrogen) atoms. The molecular weight excluding hydrogens is 446 g/mol. The molecule has 0 radical (unpaired) electrons. The molecule has 3 heterocycles. The molecule has 0 unspecified atom stereocenters. The van der Waals surface area contributed by atoms with Crippen LogP contribution in [0.4, 0.5) is 0 Å². The molecule has 4 aromatic rings. The van der Waals surface area contributed by atoms with Crippen LogP contribution in [0.2, 0.25) is 0 Å². The molecule has 0 saturated carbocycles. The van der Waals surface area contributed by atoms with Crippen LogP contribution < -0.4 is 0 Å². The Hall–Kier alpha value is -3.77. The maximum atomic E-state index is 13.2. The van der Waals surface area contributed by atoms with Crippen molar-refractivity contribution in [1.29, 1.82) is 0 Å². The van der Waals surface area contributed by atoms with Crippen LogP contribution >= 0.6 is 0 Å². The van der Waals surface area contributed by atoms with Crippen molar-refractivity contribution in [2.75, 3.05) is 20.1 Å². The molecule has 1 fully saturated rings. The molecule has 6 nitrogen and oxygen atoms in total. The molecule has 0 aliphatic carbocycles. The fourth-order valence-corrected chi connectivity index (χ4v) is 5.28. The number of amides is 1. The number of likely N-dealkylation sites (tertiary alicyclic amines) is 1. The lowest BCUT2D eigenvalue weighted by Crippen LogP contribution is -2.46. The van der Waals surface area contributed by atoms with E-state index >= 15 is 0 Å². The molecule has 0 bridgehead atoms. The molecular formula is C30H33N5O. The highest BCUT2D eigenvalue weighted by atomic mass is 16.2. The van der Waals surface area contributed by atoms with Crippen LogP contribution in [-0.4, -0.2) is 57.1 Å². The average molecular weight is 480 g/mol. The molecule has 1 saturated heterocycles. The number of piperidine rings is 1. The summed E-state index contributed by atoms with van der Waals surface area (Å²) in [7, 11) is 2.22. The number of hydrogen-bond acceptors (Lipinski definition) is 4. The Kier molecular flexibility index (Phi) is 7.52. The van der Waals surface area contributed by atoms with Crippen molar-refractivity contribution in [3.63, 3.8) is 0 Å². The minimum atomic E-state index is 0.0338. The molecule has 2 aromatic carbocycles. The van der Waals surface area contributed by atoms with E-state index in [1.807, 2.05) is 59.8 Å². The number of pyridine rings is 1. The average Bonchev–Trinajstić information content (AvgIpc) is 3.44. The van der Waals surface area contributed by atoms with Crippen LogP contribution in [-0.2, 0) is 13.0 Å². The predicted molar refractivity (Wildman–Crippen MR) is 142 cm³/mol. The summed E-state index contributed by atoms with van der Waals surface area (Å²) in [5, 5.41) is 7.33. The minimum Gasteiger partial charge on any atom is -0.337 e. The van der Waals surface area contributed by atoms with Crippen LogP contribution in [0.15, 0.2) is 91.3 Å². The summed E-state index contributed by atoms with van der Waals surface area (Å²) in [5.41, 5.74) is 4.94. The van der Waals surface area contributed by atoms with E-state index in [1.54, 1.807) is 0 Å². The number of nitrogens with zero attached hydrogens (tertiary/aromatic N) is 4. The quantitative estimate of drug-likeness (QED) is 0.383. The highest BCUT2D eigenvalue weighted by Gasteiger charge is 2.31. The molecule has 1 aliphatic rings. The van der Waals surface area contributed by atoms with E-state index in [0.717, 1.165) is 50.2 Å². The summed E-state index contributed by atoms with van der Waals surface area (Å²) < 4.78 is 0. The van der Waals surface area contributed by atoms with Gasteiger partial charge >= 0.3 is 0 Å². The number of carbonyl (C=O) groups excluding carboxylic acids is 1. The number of aromatic nitrogens is 3. The second-order valence-corrected chi connectivity index (χ2v) is 9.70. The molecule has 1 N–H and O–H groups in total. The molecule has 5 rings (SSSR count). The molecule has 1 amide bonds. The summed E-state index contributed by atoms with van der Waals surface area (Å²) in [5.74, 6) is 0.545. The van der Waals surface area contributed by atoms with E-state index in [1.165, 1.54) is 11.1 Å². The predicted octanol–water partition coefficient (Wildman–Crippen LogP) is 5.07. The number of carbonyl (C=O) groups is 1. The zero-order valence-electron chi connectivity index (χ0n) is 20.8. The van der Waals surface area contributed by atoms with Crippen LogP contribution in [0.3, 0.4) is 0 Å². The number of hydrogen-bond donors (Lipinski definition) is 1. The fourth-order valence-electron chi connectivity index (χ4n) is 5.28. The lowest BCUT2D eigenvalue weighted by Gasteiger charge is -2.40. The van der Waals surface area contributed by atoms with Crippen molar-refractivity contribution in [1.82, 2.24) is 25.0 Å². The molecule has 2 aromatic heterocycles. The van der Waals surface area contributed by atoms with Crippen molar-refractivity contribution in [2.45, 2.75) is 31.8 Å². The van der Waals surface area contributed by atoms with Gasteiger partial charge in [0.15, 0.2) is 0 Å². The Morgan fingerprint density at radius 1 is 1.00 bits per heavy atom. The summed E-state index contributed by atoms with van der Waals surface area (Å²) >= 11 is 0. The van der Waals surface area contributed by atoms with Gasteiger partial charge < -0.3 is 4.90 Å². The second kappa shape index (κ2) is 11.3. The second-order valence-electron chi connectivity index (χ2n) is 9.70. The van der Waals surface area contributed by atoms with Gasteiger partial charge in [-0.3, -0.25) is 19.8 Å². The van der Waals surface area contributed by atoms with Gasteiger partial charge in [0.2, 0.25) is 0 Å². The third-order valence-corrected chi connectivity index (χ3v) is 7.26. The first-order chi connectivity index (χ1) is 17.7. The van der Waals surface area contributed by atoms with E-state index < -0.39 is 0 Å². The van der Waals surface area contributed by atoms with Gasteiger partial charge in [0, 0.05) is 43.6 Å². The number of rotatable bonds is 8. The third-order valence-electron chi connectivity index (χ3n) is 7.26. The van der Waals surface area contributed by atoms with E-state index in [2.05, 4.69) is 63.5 Å². The summed E-state index contributed by atoms with van der Waals surface area (Å²) in [6.07, 6.45) is 6.74. The van der Waals surface area contributed by atoms with Gasteiger partial charge in [0.05, 0.1) is 5.69 Å². The van der Waals surface area contributed by atoms with E-state index in [0.29, 0.717) is 17.7 Å². The number of aromatic amines is 1. The Bertz CT molecular complexity index is 1230. The van der Waals surface area contributed by atoms with Crippen LogP contribution in [0, 0.1) is 5.92 Å². The molecule has 0 spiro atoms. The highest BCUT2D eigenvalue weighted by molar-refractivity contribution is 5.93. The van der Waals surface area contributed by atoms with Crippen molar-refractivity contribution in [3.05, 3.63) is 108 Å². The zero-order valence-corrected chi connectivity index (χ0v) is 20.8. The minimum absolute atomic E-state index is 0.0338. The largest absolute Gasteiger partial charge is 0.337 e. The maximum absolute atomic E-state index is 13.2. The first kappa shape index (κ1) is 23.9. The fraction of sp³-hybridized carbons (Fsp3) is 0.300. The number of likely N-dealkylation sites (N-methyl/N-ethyl adjacent to an activating group) is 1. The van der Waals surface area contributed by atoms with Crippen molar-refractivity contribution < 1.29 is 4.79 Å². The van der Waals surface area contributed by atoms with Gasteiger partial charge in [-0.15, -0.1) is 0 Å². The lowest BCUT2D eigenvalue weighted by molar-refractivity contribution is 0.0597. The smallest absolute Gasteiger partial charge is 0.271 e. The van der Waals surface area contributed by atoms with Gasteiger partial charge in [-0.1, -0.05) is 66.7 Å². The SMILES string of the molecule is CN(Cc1cccnc1)[C@@H](Cc1ccccc1)C1CCN(C(=O)c2cc(-c3ccccc3)n[nH]2)CC1. The van der Waals surface area contributed by atoms with Crippen LogP contribution in [0.25, 0.3) is 11.3 Å². The lowest BCUT2D eigenvalue weighted by atomic mass is 9.84. The molecule has 1 atom stereocenters. The van der Waals surface area contributed by atoms with Gasteiger partial charge in [0.25, 0.3) is 5.91 Å². The van der Waals surface area contributed by atoms with E-state index in [9.17, 15) is 4.79 Å². The Labute approximate surface area is 213 Å².